The molecule has 0 spiro atoms. The zero-order valence-electron chi connectivity index (χ0n) is 21.5. The van der Waals surface area contributed by atoms with Crippen LogP contribution in [-0.2, 0) is 11.4 Å². The minimum absolute atomic E-state index is 0.307. The van der Waals surface area contributed by atoms with E-state index >= 15 is 0 Å². The first-order valence-electron chi connectivity index (χ1n) is 12.2. The lowest BCUT2D eigenvalue weighted by Crippen LogP contribution is -2.33. The number of rotatable bonds is 10. The van der Waals surface area contributed by atoms with Crippen LogP contribution < -0.4 is 19.6 Å². The second-order valence-corrected chi connectivity index (χ2v) is 9.60. The Morgan fingerprint density at radius 1 is 0.923 bits per heavy atom. The van der Waals surface area contributed by atoms with Gasteiger partial charge in [-0.1, -0.05) is 64.0 Å². The number of halogens is 1. The van der Waals surface area contributed by atoms with Crippen LogP contribution in [0.4, 0.5) is 0 Å². The van der Waals surface area contributed by atoms with E-state index in [1.807, 2.05) is 43.3 Å². The van der Waals surface area contributed by atoms with E-state index in [2.05, 4.69) is 26.5 Å². The lowest BCUT2D eigenvalue weighted by Gasteiger charge is -2.14. The molecule has 4 rings (SSSR count). The van der Waals surface area contributed by atoms with E-state index in [1.165, 1.54) is 6.21 Å². The van der Waals surface area contributed by atoms with E-state index in [9.17, 15) is 9.59 Å². The Morgan fingerprint density at radius 2 is 1.67 bits per heavy atom. The first kappa shape index (κ1) is 27.6. The fraction of sp³-hybridized carbons (Fsp3) is 0.129. The summed E-state index contributed by atoms with van der Waals surface area (Å²) >= 11 is 3.41. The topological polar surface area (TPSA) is 86.2 Å². The molecule has 8 heteroatoms. The van der Waals surface area contributed by atoms with Gasteiger partial charge >= 0.3 is 5.97 Å². The minimum Gasteiger partial charge on any atom is -0.489 e. The van der Waals surface area contributed by atoms with Gasteiger partial charge in [-0.15, -0.1) is 0 Å². The maximum atomic E-state index is 12.6. The van der Waals surface area contributed by atoms with Gasteiger partial charge in [0.15, 0.2) is 6.10 Å². The number of nitrogens with zero attached hydrogens (tertiary/aromatic N) is 1. The molecule has 0 bridgehead atoms. The molecule has 0 radical (unpaired) electrons. The molecule has 0 saturated heterocycles. The molecule has 0 fully saturated rings. The molecule has 0 heterocycles. The van der Waals surface area contributed by atoms with Crippen molar-refractivity contribution in [3.05, 3.63) is 124 Å². The summed E-state index contributed by atoms with van der Waals surface area (Å²) < 4.78 is 17.9. The van der Waals surface area contributed by atoms with Crippen LogP contribution in [0.5, 0.6) is 17.2 Å². The molecule has 1 N–H and O–H groups in total. The van der Waals surface area contributed by atoms with E-state index < -0.39 is 18.0 Å². The lowest BCUT2D eigenvalue weighted by atomic mass is 10.1. The van der Waals surface area contributed by atoms with Gasteiger partial charge in [0, 0.05) is 10.0 Å². The summed E-state index contributed by atoms with van der Waals surface area (Å²) in [5.41, 5.74) is 5.44. The van der Waals surface area contributed by atoms with Gasteiger partial charge in [0.2, 0.25) is 0 Å². The highest BCUT2D eigenvalue weighted by molar-refractivity contribution is 9.10. The van der Waals surface area contributed by atoms with Crippen molar-refractivity contribution in [1.29, 1.82) is 0 Å². The van der Waals surface area contributed by atoms with E-state index in [-0.39, 0.29) is 0 Å². The molecule has 1 unspecified atom stereocenters. The molecular weight excluding hydrogens is 560 g/mol. The SMILES string of the molecule is Cc1cccc(C(=O)Oc2ccc(Br)cc2/C=N/NC(=O)C(C)Oc2ccc(OCc3ccccc3)cc2)c1. The van der Waals surface area contributed by atoms with Crippen molar-refractivity contribution >= 4 is 34.0 Å². The maximum absolute atomic E-state index is 12.6. The third-order valence-electron chi connectivity index (χ3n) is 5.56. The molecule has 0 aliphatic carbocycles. The van der Waals surface area contributed by atoms with Crippen molar-refractivity contribution in [2.75, 3.05) is 0 Å². The van der Waals surface area contributed by atoms with Crippen LogP contribution in [-0.4, -0.2) is 24.2 Å². The molecular formula is C31H27BrN2O5. The van der Waals surface area contributed by atoms with Crippen molar-refractivity contribution in [2.45, 2.75) is 26.6 Å². The van der Waals surface area contributed by atoms with E-state index in [0.717, 1.165) is 15.6 Å². The molecule has 0 aromatic heterocycles. The molecule has 198 valence electrons. The smallest absolute Gasteiger partial charge is 0.343 e. The highest BCUT2D eigenvalue weighted by Crippen LogP contribution is 2.23. The third-order valence-corrected chi connectivity index (χ3v) is 6.05. The van der Waals surface area contributed by atoms with Crippen LogP contribution in [0, 0.1) is 6.92 Å². The van der Waals surface area contributed by atoms with Crippen molar-refractivity contribution in [1.82, 2.24) is 5.43 Å². The van der Waals surface area contributed by atoms with Gasteiger partial charge in [-0.05, 0) is 74.0 Å². The average molecular weight is 587 g/mol. The fourth-order valence-electron chi connectivity index (χ4n) is 3.51. The van der Waals surface area contributed by atoms with Gasteiger partial charge in [0.05, 0.1) is 11.8 Å². The standard InChI is InChI=1S/C31H27BrN2O5/c1-21-7-6-10-24(17-21)31(36)39-29-16-11-26(32)18-25(29)19-33-34-30(35)22(2)38-28-14-12-27(13-15-28)37-20-23-8-4-3-5-9-23/h3-19,22H,20H2,1-2H3,(H,34,35)/b33-19+. The molecule has 4 aromatic rings. The van der Waals surface area contributed by atoms with Gasteiger partial charge in [-0.2, -0.15) is 5.10 Å². The molecule has 4 aromatic carbocycles. The lowest BCUT2D eigenvalue weighted by molar-refractivity contribution is -0.127. The normalized spacial score (nSPS) is 11.6. The highest BCUT2D eigenvalue weighted by Gasteiger charge is 2.15. The zero-order valence-corrected chi connectivity index (χ0v) is 23.1. The Kier molecular flexibility index (Phi) is 9.48. The van der Waals surface area contributed by atoms with Crippen molar-refractivity contribution in [3.63, 3.8) is 0 Å². The third kappa shape index (κ3) is 8.28. The monoisotopic (exact) mass is 586 g/mol. The first-order chi connectivity index (χ1) is 18.9. The van der Waals surface area contributed by atoms with E-state index in [4.69, 9.17) is 14.2 Å². The Bertz CT molecular complexity index is 1460. The van der Waals surface area contributed by atoms with Crippen LogP contribution in [0.1, 0.15) is 34.0 Å². The molecule has 0 aliphatic rings. The van der Waals surface area contributed by atoms with Gasteiger partial charge in [-0.25, -0.2) is 10.2 Å². The Balaban J connectivity index is 1.31. The minimum atomic E-state index is -0.806. The van der Waals surface area contributed by atoms with Crippen LogP contribution >= 0.6 is 15.9 Å². The Hall–Kier alpha value is -4.43. The summed E-state index contributed by atoms with van der Waals surface area (Å²) in [5, 5.41) is 4.03. The number of nitrogens with one attached hydrogen (secondary N) is 1. The summed E-state index contributed by atoms with van der Waals surface area (Å²) in [6.45, 7) is 3.99. The van der Waals surface area contributed by atoms with Crippen LogP contribution in [0.3, 0.4) is 0 Å². The number of benzene rings is 4. The van der Waals surface area contributed by atoms with E-state index in [0.29, 0.717) is 35.0 Å². The van der Waals surface area contributed by atoms with E-state index in [1.54, 1.807) is 67.6 Å². The fourth-order valence-corrected chi connectivity index (χ4v) is 3.89. The number of hydrogen-bond acceptors (Lipinski definition) is 6. The largest absolute Gasteiger partial charge is 0.489 e. The quantitative estimate of drug-likeness (QED) is 0.0995. The summed E-state index contributed by atoms with van der Waals surface area (Å²) in [6.07, 6.45) is 0.604. The number of hydrazone groups is 1. The van der Waals surface area contributed by atoms with Crippen LogP contribution in [0.15, 0.2) is 107 Å². The second-order valence-electron chi connectivity index (χ2n) is 8.68. The first-order valence-corrected chi connectivity index (χ1v) is 13.0. The maximum Gasteiger partial charge on any atom is 0.343 e. The van der Waals surface area contributed by atoms with Crippen molar-refractivity contribution < 1.29 is 23.8 Å². The summed E-state index contributed by atoms with van der Waals surface area (Å²) in [4.78, 5) is 25.1. The van der Waals surface area contributed by atoms with Crippen molar-refractivity contribution in [3.8, 4) is 17.2 Å². The number of amides is 1. The van der Waals surface area contributed by atoms with Crippen molar-refractivity contribution in [2.24, 2.45) is 5.10 Å². The molecule has 7 nitrogen and oxygen atoms in total. The Morgan fingerprint density at radius 3 is 2.41 bits per heavy atom. The average Bonchev–Trinajstić information content (AvgIpc) is 2.94. The predicted molar refractivity (Wildman–Crippen MR) is 153 cm³/mol. The molecule has 0 saturated carbocycles. The number of hydrogen-bond donors (Lipinski definition) is 1. The molecule has 39 heavy (non-hydrogen) atoms. The second kappa shape index (κ2) is 13.4. The molecule has 1 atom stereocenters. The predicted octanol–water partition coefficient (Wildman–Crippen LogP) is 6.47. The van der Waals surface area contributed by atoms with Crippen LogP contribution in [0.25, 0.3) is 0 Å². The summed E-state index contributed by atoms with van der Waals surface area (Å²) in [5.74, 6) is 0.593. The summed E-state index contributed by atoms with van der Waals surface area (Å²) in [6, 6.07) is 29.2. The van der Waals surface area contributed by atoms with Crippen LogP contribution in [0.2, 0.25) is 0 Å². The number of carbonyl (C=O) groups is 2. The Labute approximate surface area is 235 Å². The molecule has 1 amide bonds. The van der Waals surface area contributed by atoms with Gasteiger partial charge in [0.25, 0.3) is 5.91 Å². The van der Waals surface area contributed by atoms with Gasteiger partial charge in [-0.3, -0.25) is 4.79 Å². The number of esters is 1. The zero-order chi connectivity index (χ0) is 27.6. The van der Waals surface area contributed by atoms with Gasteiger partial charge < -0.3 is 14.2 Å². The van der Waals surface area contributed by atoms with Gasteiger partial charge in [0.1, 0.15) is 23.9 Å². The number of ether oxygens (including phenoxy) is 3. The molecule has 0 aliphatic heterocycles. The number of carbonyl (C=O) groups excluding carboxylic acids is 2. The number of aryl methyl sites for hydroxylation is 1. The summed E-state index contributed by atoms with van der Waals surface area (Å²) in [7, 11) is 0. The highest BCUT2D eigenvalue weighted by atomic mass is 79.9.